The summed E-state index contributed by atoms with van der Waals surface area (Å²) in [5.41, 5.74) is 3.83. The number of hydrogen-bond donors (Lipinski definition) is 1. The molecule has 0 aliphatic heterocycles. The molecule has 0 aliphatic rings. The number of sulfonamides is 1. The van der Waals surface area contributed by atoms with Gasteiger partial charge >= 0.3 is 0 Å². The zero-order valence-electron chi connectivity index (χ0n) is 14.6. The summed E-state index contributed by atoms with van der Waals surface area (Å²) in [6.45, 7) is 4.45. The van der Waals surface area contributed by atoms with E-state index in [-0.39, 0.29) is 4.90 Å². The number of nitrogens with one attached hydrogen (secondary N) is 1. The van der Waals surface area contributed by atoms with E-state index in [9.17, 15) is 8.42 Å². The van der Waals surface area contributed by atoms with Crippen molar-refractivity contribution in [2.24, 2.45) is 5.10 Å². The molecule has 1 N–H and O–H groups in total. The lowest BCUT2D eigenvalue weighted by molar-refractivity contribution is 0.445. The maximum Gasteiger partial charge on any atom is 0.244 e. The Balaban J connectivity index is 2.02. The minimum atomic E-state index is -3.50. The Morgan fingerprint density at radius 1 is 1.19 bits per heavy atom. The van der Waals surface area contributed by atoms with E-state index in [0.717, 1.165) is 10.0 Å². The predicted molar refractivity (Wildman–Crippen MR) is 110 cm³/mol. The Kier molecular flexibility index (Phi) is 7.50. The zero-order chi connectivity index (χ0) is 19.0. The maximum absolute atomic E-state index is 12.4. The summed E-state index contributed by atoms with van der Waals surface area (Å²) in [5.74, 6) is 0.458. The largest absolute Gasteiger partial charge is 0.261 e. The van der Waals surface area contributed by atoms with Crippen LogP contribution in [-0.4, -0.2) is 37.0 Å². The summed E-state index contributed by atoms with van der Waals surface area (Å²) in [7, 11) is -3.50. The van der Waals surface area contributed by atoms with E-state index in [2.05, 4.69) is 31.4 Å². The molecule has 0 spiro atoms. The summed E-state index contributed by atoms with van der Waals surface area (Å²) in [5, 5.41) is 4.08. The van der Waals surface area contributed by atoms with E-state index in [0.29, 0.717) is 18.9 Å². The Hall–Kier alpha value is -2.03. The highest BCUT2D eigenvalue weighted by molar-refractivity contribution is 9.12. The first-order valence-corrected chi connectivity index (χ1v) is 10.4. The molecule has 0 aliphatic carbocycles. The normalized spacial score (nSPS) is 12.7. The van der Waals surface area contributed by atoms with Gasteiger partial charge in [0.05, 0.1) is 6.21 Å². The number of aromatic nitrogens is 1. The van der Waals surface area contributed by atoms with Crippen LogP contribution in [0.1, 0.15) is 19.4 Å². The van der Waals surface area contributed by atoms with Crippen LogP contribution >= 0.6 is 15.9 Å². The molecule has 6 nitrogen and oxygen atoms in total. The topological polar surface area (TPSA) is 74.7 Å². The van der Waals surface area contributed by atoms with Crippen LogP contribution in [0.3, 0.4) is 0 Å². The van der Waals surface area contributed by atoms with Crippen molar-refractivity contribution in [1.82, 2.24) is 9.29 Å². The average Bonchev–Trinajstić information content (AvgIpc) is 2.64. The number of benzene rings is 1. The van der Waals surface area contributed by atoms with Crippen LogP contribution in [0.5, 0.6) is 0 Å². The van der Waals surface area contributed by atoms with Crippen molar-refractivity contribution < 1.29 is 8.42 Å². The second kappa shape index (κ2) is 9.61. The van der Waals surface area contributed by atoms with Crippen LogP contribution in [0.4, 0.5) is 5.82 Å². The summed E-state index contributed by atoms with van der Waals surface area (Å²) in [4.78, 5) is 4.28. The Bertz CT molecular complexity index is 862. The van der Waals surface area contributed by atoms with E-state index in [4.69, 9.17) is 0 Å². The summed E-state index contributed by atoms with van der Waals surface area (Å²) >= 11 is 3.42. The first kappa shape index (κ1) is 20.3. The number of halogens is 1. The van der Waals surface area contributed by atoms with E-state index < -0.39 is 10.0 Å². The lowest BCUT2D eigenvalue weighted by Gasteiger charge is -2.18. The van der Waals surface area contributed by atoms with Gasteiger partial charge in [-0.1, -0.05) is 44.2 Å². The average molecular weight is 437 g/mol. The van der Waals surface area contributed by atoms with Gasteiger partial charge in [0.1, 0.15) is 10.7 Å². The number of nitrogens with zero attached hydrogens (tertiary/aromatic N) is 3. The first-order valence-electron chi connectivity index (χ1n) is 8.15. The minimum Gasteiger partial charge on any atom is -0.261 e. The van der Waals surface area contributed by atoms with Gasteiger partial charge in [0.25, 0.3) is 0 Å². The third-order valence-electron chi connectivity index (χ3n) is 3.55. The van der Waals surface area contributed by atoms with Crippen molar-refractivity contribution in [3.8, 4) is 0 Å². The minimum absolute atomic E-state index is 0.167. The molecule has 0 saturated heterocycles. The van der Waals surface area contributed by atoms with Crippen LogP contribution in [-0.2, 0) is 10.0 Å². The molecule has 8 heteroatoms. The van der Waals surface area contributed by atoms with Crippen LogP contribution in [0.25, 0.3) is 6.08 Å². The second-order valence-electron chi connectivity index (χ2n) is 5.28. The summed E-state index contributed by atoms with van der Waals surface area (Å²) in [6.07, 6.45) is 4.87. The molecule has 2 rings (SSSR count). The van der Waals surface area contributed by atoms with E-state index in [1.807, 2.05) is 36.4 Å². The number of pyridine rings is 1. The van der Waals surface area contributed by atoms with Crippen molar-refractivity contribution in [2.45, 2.75) is 18.7 Å². The molecule has 0 atom stereocenters. The quantitative estimate of drug-likeness (QED) is 0.502. The molecule has 0 radical (unpaired) electrons. The monoisotopic (exact) mass is 436 g/mol. The molecule has 1 aromatic carbocycles. The zero-order valence-corrected chi connectivity index (χ0v) is 17.0. The van der Waals surface area contributed by atoms with Gasteiger partial charge < -0.3 is 0 Å². The molecule has 0 amide bonds. The SMILES string of the molecule is CCN(CC)S(=O)(=O)c1ccc(NN=CC(Br)=Cc2ccccc2)nc1. The molecule has 0 fully saturated rings. The fraction of sp³-hybridized carbons (Fsp3) is 0.222. The molecular weight excluding hydrogens is 416 g/mol. The first-order chi connectivity index (χ1) is 12.5. The molecule has 1 heterocycles. The van der Waals surface area contributed by atoms with Crippen molar-refractivity contribution >= 4 is 44.1 Å². The van der Waals surface area contributed by atoms with Crippen LogP contribution in [0.2, 0.25) is 0 Å². The molecular formula is C18H21BrN4O2S. The molecule has 2 aromatic rings. The number of anilines is 1. The summed E-state index contributed by atoms with van der Waals surface area (Å²) < 4.78 is 27.0. The Morgan fingerprint density at radius 2 is 1.88 bits per heavy atom. The molecule has 0 bridgehead atoms. The van der Waals surface area contributed by atoms with Crippen molar-refractivity contribution in [1.29, 1.82) is 0 Å². The molecule has 26 heavy (non-hydrogen) atoms. The molecule has 0 saturated carbocycles. The van der Waals surface area contributed by atoms with Crippen LogP contribution in [0, 0.1) is 0 Å². The second-order valence-corrected chi connectivity index (χ2v) is 8.13. The van der Waals surface area contributed by atoms with Gasteiger partial charge in [0, 0.05) is 23.8 Å². The van der Waals surface area contributed by atoms with Crippen molar-refractivity contribution in [2.75, 3.05) is 18.5 Å². The van der Waals surface area contributed by atoms with Gasteiger partial charge in [-0.15, -0.1) is 0 Å². The molecule has 0 unspecified atom stereocenters. The summed E-state index contributed by atoms with van der Waals surface area (Å²) in [6, 6.07) is 12.9. The Labute approximate surface area is 162 Å². The van der Waals surface area contributed by atoms with Crippen molar-refractivity contribution in [3.05, 3.63) is 58.7 Å². The number of allylic oxidation sites excluding steroid dienone is 1. The standard InChI is InChI=1S/C18H21BrN4O2S/c1-3-23(4-2)26(24,25)17-10-11-18(20-14-17)22-21-13-16(19)12-15-8-6-5-7-9-15/h5-14H,3-4H2,1-2H3,(H,20,22). The van der Waals surface area contributed by atoms with Gasteiger partial charge in [-0.25, -0.2) is 13.4 Å². The third-order valence-corrected chi connectivity index (χ3v) is 6.02. The van der Waals surface area contributed by atoms with Crippen LogP contribution in [0.15, 0.2) is 63.1 Å². The lowest BCUT2D eigenvalue weighted by atomic mass is 10.2. The lowest BCUT2D eigenvalue weighted by Crippen LogP contribution is -2.30. The Morgan fingerprint density at radius 3 is 2.46 bits per heavy atom. The van der Waals surface area contributed by atoms with Gasteiger partial charge in [-0.05, 0) is 39.7 Å². The van der Waals surface area contributed by atoms with Gasteiger partial charge in [-0.2, -0.15) is 9.41 Å². The van der Waals surface area contributed by atoms with Gasteiger partial charge in [0.15, 0.2) is 0 Å². The number of hydrogen-bond acceptors (Lipinski definition) is 5. The van der Waals surface area contributed by atoms with Crippen LogP contribution < -0.4 is 5.43 Å². The van der Waals surface area contributed by atoms with E-state index in [1.165, 1.54) is 16.6 Å². The molecule has 138 valence electrons. The smallest absolute Gasteiger partial charge is 0.244 e. The van der Waals surface area contributed by atoms with Crippen molar-refractivity contribution in [3.63, 3.8) is 0 Å². The maximum atomic E-state index is 12.4. The highest BCUT2D eigenvalue weighted by atomic mass is 79.9. The number of rotatable bonds is 8. The van der Waals surface area contributed by atoms with E-state index in [1.54, 1.807) is 26.1 Å². The van der Waals surface area contributed by atoms with Gasteiger partial charge in [-0.3, -0.25) is 5.43 Å². The molecule has 1 aromatic heterocycles. The predicted octanol–water partition coefficient (Wildman–Crippen LogP) is 3.95. The third kappa shape index (κ3) is 5.48. The fourth-order valence-corrected chi connectivity index (χ4v) is 3.99. The number of hydrazone groups is 1. The highest BCUT2D eigenvalue weighted by Gasteiger charge is 2.21. The van der Waals surface area contributed by atoms with Gasteiger partial charge in [0.2, 0.25) is 10.0 Å². The fourth-order valence-electron chi connectivity index (χ4n) is 2.22. The van der Waals surface area contributed by atoms with E-state index >= 15 is 0 Å². The highest BCUT2D eigenvalue weighted by Crippen LogP contribution is 2.16.